The van der Waals surface area contributed by atoms with Gasteiger partial charge in [-0.3, -0.25) is 0 Å². The van der Waals surface area contributed by atoms with Gasteiger partial charge in [-0.15, -0.1) is 0 Å². The van der Waals surface area contributed by atoms with E-state index in [1.54, 1.807) is 11.3 Å². The molecule has 0 bridgehead atoms. The van der Waals surface area contributed by atoms with E-state index in [1.165, 1.54) is 16.5 Å². The fourth-order valence-corrected chi connectivity index (χ4v) is 4.26. The zero-order valence-corrected chi connectivity index (χ0v) is 17.1. The molecule has 0 aliphatic heterocycles. The molecule has 0 aliphatic rings. The first kappa shape index (κ1) is 17.6. The second-order valence-corrected chi connectivity index (χ2v) is 7.81. The number of imidazole rings is 1. The lowest BCUT2D eigenvalue weighted by molar-refractivity contribution is 1.00. The number of nitrogens with zero attached hydrogens (tertiary/aromatic N) is 3. The summed E-state index contributed by atoms with van der Waals surface area (Å²) in [5.41, 5.74) is 6.73. The molecular weight excluding hydrogens is 376 g/mol. The monoisotopic (exact) mass is 396 g/mol. The van der Waals surface area contributed by atoms with Crippen molar-refractivity contribution >= 4 is 33.6 Å². The van der Waals surface area contributed by atoms with Gasteiger partial charge in [0.2, 0.25) is 0 Å². The van der Waals surface area contributed by atoms with E-state index >= 15 is 0 Å². The van der Waals surface area contributed by atoms with Crippen LogP contribution in [0.5, 0.6) is 0 Å². The van der Waals surface area contributed by atoms with Gasteiger partial charge in [0.1, 0.15) is 5.82 Å². The van der Waals surface area contributed by atoms with Crippen molar-refractivity contribution in [2.24, 2.45) is 0 Å². The van der Waals surface area contributed by atoms with Crippen LogP contribution >= 0.6 is 11.3 Å². The van der Waals surface area contributed by atoms with E-state index in [-0.39, 0.29) is 0 Å². The number of hydrogen-bond acceptors (Lipinski definition) is 4. The zero-order chi connectivity index (χ0) is 19.8. The van der Waals surface area contributed by atoms with Crippen LogP contribution in [0.15, 0.2) is 77.9 Å². The van der Waals surface area contributed by atoms with Crippen LogP contribution in [0.25, 0.3) is 27.6 Å². The molecule has 0 amide bonds. The van der Waals surface area contributed by atoms with Crippen LogP contribution in [0.2, 0.25) is 0 Å². The standard InChI is InChI=1S/C24H20N4S/c1-16-17(2)28(15-26-16)20-6-3-5-19(13-20)27-24-23-8-4-7-21(18-10-12-29-14-18)22(23)9-11-25-24/h3-15H,1-2H3,(H,25,27). The van der Waals surface area contributed by atoms with Gasteiger partial charge in [-0.2, -0.15) is 11.3 Å². The van der Waals surface area contributed by atoms with Crippen molar-refractivity contribution < 1.29 is 0 Å². The van der Waals surface area contributed by atoms with Gasteiger partial charge in [0, 0.05) is 28.7 Å². The molecule has 5 rings (SSSR count). The third kappa shape index (κ3) is 3.19. The van der Waals surface area contributed by atoms with E-state index < -0.39 is 0 Å². The van der Waals surface area contributed by atoms with Crippen LogP contribution in [-0.4, -0.2) is 14.5 Å². The van der Waals surface area contributed by atoms with Crippen LogP contribution in [0.4, 0.5) is 11.5 Å². The van der Waals surface area contributed by atoms with Gasteiger partial charge in [0.05, 0.1) is 12.0 Å². The first-order valence-corrected chi connectivity index (χ1v) is 10.4. The molecule has 5 heteroatoms. The van der Waals surface area contributed by atoms with E-state index in [0.29, 0.717) is 0 Å². The molecule has 0 fully saturated rings. The van der Waals surface area contributed by atoms with Gasteiger partial charge < -0.3 is 9.88 Å². The molecule has 0 spiro atoms. The molecule has 0 saturated carbocycles. The number of thiophene rings is 1. The average Bonchev–Trinajstić information content (AvgIpc) is 3.39. The SMILES string of the molecule is Cc1ncn(-c2cccc(Nc3nccc4c(-c5ccsc5)cccc34)c2)c1C. The van der Waals surface area contributed by atoms with Crippen molar-refractivity contribution in [3.05, 3.63) is 89.3 Å². The van der Waals surface area contributed by atoms with E-state index in [2.05, 4.69) is 86.1 Å². The number of aryl methyl sites for hydroxylation is 1. The summed E-state index contributed by atoms with van der Waals surface area (Å²) in [4.78, 5) is 9.03. The van der Waals surface area contributed by atoms with Gasteiger partial charge in [-0.25, -0.2) is 9.97 Å². The molecule has 5 aromatic rings. The van der Waals surface area contributed by atoms with Crippen LogP contribution in [0.3, 0.4) is 0 Å². The van der Waals surface area contributed by atoms with E-state index in [1.807, 2.05) is 25.5 Å². The molecule has 0 aliphatic carbocycles. The zero-order valence-electron chi connectivity index (χ0n) is 16.3. The molecular formula is C24H20N4S. The summed E-state index contributed by atoms with van der Waals surface area (Å²) in [6.45, 7) is 4.11. The van der Waals surface area contributed by atoms with Crippen molar-refractivity contribution in [2.45, 2.75) is 13.8 Å². The number of pyridine rings is 1. The fraction of sp³-hybridized carbons (Fsp3) is 0.0833. The molecule has 0 radical (unpaired) electrons. The maximum atomic E-state index is 4.62. The number of anilines is 2. The highest BCUT2D eigenvalue weighted by Crippen LogP contribution is 2.33. The lowest BCUT2D eigenvalue weighted by Crippen LogP contribution is -1.99. The summed E-state index contributed by atoms with van der Waals surface area (Å²) in [6.07, 6.45) is 3.74. The van der Waals surface area contributed by atoms with E-state index in [0.717, 1.165) is 34.0 Å². The van der Waals surface area contributed by atoms with E-state index in [9.17, 15) is 0 Å². The number of benzene rings is 2. The largest absolute Gasteiger partial charge is 0.340 e. The molecule has 0 saturated heterocycles. The number of rotatable bonds is 4. The lowest BCUT2D eigenvalue weighted by Gasteiger charge is -2.13. The van der Waals surface area contributed by atoms with Crippen molar-refractivity contribution in [2.75, 3.05) is 5.32 Å². The first-order chi connectivity index (χ1) is 14.2. The Kier molecular flexibility index (Phi) is 4.37. The quantitative estimate of drug-likeness (QED) is 0.376. The highest BCUT2D eigenvalue weighted by molar-refractivity contribution is 7.08. The number of fused-ring (bicyclic) bond motifs is 1. The van der Waals surface area contributed by atoms with Crippen LogP contribution in [-0.2, 0) is 0 Å². The fourth-order valence-electron chi connectivity index (χ4n) is 3.61. The average molecular weight is 397 g/mol. The third-order valence-electron chi connectivity index (χ3n) is 5.28. The van der Waals surface area contributed by atoms with Crippen molar-refractivity contribution in [1.82, 2.24) is 14.5 Å². The van der Waals surface area contributed by atoms with Crippen LogP contribution in [0.1, 0.15) is 11.4 Å². The highest BCUT2D eigenvalue weighted by Gasteiger charge is 2.10. The normalized spacial score (nSPS) is 11.1. The predicted molar refractivity (Wildman–Crippen MR) is 121 cm³/mol. The summed E-state index contributed by atoms with van der Waals surface area (Å²) in [5.74, 6) is 0.857. The molecule has 0 unspecified atom stereocenters. The Balaban J connectivity index is 1.55. The Labute approximate surface area is 173 Å². The van der Waals surface area contributed by atoms with Gasteiger partial charge in [0.25, 0.3) is 0 Å². The second-order valence-electron chi connectivity index (χ2n) is 7.03. The van der Waals surface area contributed by atoms with Crippen molar-refractivity contribution in [3.8, 4) is 16.8 Å². The predicted octanol–water partition coefficient (Wildman–Crippen LogP) is 6.51. The molecule has 2 aromatic carbocycles. The Morgan fingerprint density at radius 3 is 2.62 bits per heavy atom. The Bertz CT molecular complexity index is 1300. The maximum absolute atomic E-state index is 4.62. The Hall–Kier alpha value is -3.44. The molecule has 1 N–H and O–H groups in total. The lowest BCUT2D eigenvalue weighted by atomic mass is 10.0. The van der Waals surface area contributed by atoms with Crippen LogP contribution in [0, 0.1) is 13.8 Å². The summed E-state index contributed by atoms with van der Waals surface area (Å²) >= 11 is 1.71. The van der Waals surface area contributed by atoms with Crippen molar-refractivity contribution in [1.29, 1.82) is 0 Å². The molecule has 4 nitrogen and oxygen atoms in total. The Morgan fingerprint density at radius 2 is 1.83 bits per heavy atom. The minimum Gasteiger partial charge on any atom is -0.340 e. The topological polar surface area (TPSA) is 42.7 Å². The first-order valence-electron chi connectivity index (χ1n) is 9.49. The third-order valence-corrected chi connectivity index (χ3v) is 5.96. The molecule has 29 heavy (non-hydrogen) atoms. The summed E-state index contributed by atoms with van der Waals surface area (Å²) < 4.78 is 2.10. The van der Waals surface area contributed by atoms with Gasteiger partial charge in [0.15, 0.2) is 0 Å². The number of aromatic nitrogens is 3. The summed E-state index contributed by atoms with van der Waals surface area (Å²) in [7, 11) is 0. The summed E-state index contributed by atoms with van der Waals surface area (Å²) in [5, 5.41) is 10.1. The van der Waals surface area contributed by atoms with Crippen molar-refractivity contribution in [3.63, 3.8) is 0 Å². The minimum absolute atomic E-state index is 0.857. The molecule has 142 valence electrons. The molecule has 3 aromatic heterocycles. The molecule has 3 heterocycles. The van der Waals surface area contributed by atoms with Crippen LogP contribution < -0.4 is 5.32 Å². The van der Waals surface area contributed by atoms with E-state index in [4.69, 9.17) is 0 Å². The summed E-state index contributed by atoms with van der Waals surface area (Å²) in [6, 6.07) is 18.9. The Morgan fingerprint density at radius 1 is 0.931 bits per heavy atom. The minimum atomic E-state index is 0.857. The number of nitrogens with one attached hydrogen (secondary N) is 1. The second kappa shape index (κ2) is 7.18. The maximum Gasteiger partial charge on any atom is 0.138 e. The van der Waals surface area contributed by atoms with Gasteiger partial charge in [-0.1, -0.05) is 24.3 Å². The number of hydrogen-bond donors (Lipinski definition) is 1. The highest BCUT2D eigenvalue weighted by atomic mass is 32.1. The molecule has 0 atom stereocenters. The smallest absolute Gasteiger partial charge is 0.138 e. The van der Waals surface area contributed by atoms with Gasteiger partial charge >= 0.3 is 0 Å². The van der Waals surface area contributed by atoms with Gasteiger partial charge in [-0.05, 0) is 71.5 Å².